The summed E-state index contributed by atoms with van der Waals surface area (Å²) < 4.78 is 8.44. The fourth-order valence-corrected chi connectivity index (χ4v) is 4.12. The Kier molecular flexibility index (Phi) is 5.68. The van der Waals surface area contributed by atoms with E-state index < -0.39 is 0 Å². The Morgan fingerprint density at radius 1 is 1.23 bits per heavy atom. The summed E-state index contributed by atoms with van der Waals surface area (Å²) in [5.74, 6) is -0.721. The van der Waals surface area contributed by atoms with E-state index in [1.165, 1.54) is 11.3 Å². The summed E-state index contributed by atoms with van der Waals surface area (Å²) in [6, 6.07) is 13.0. The number of aromatic nitrogens is 1. The topological polar surface area (TPSA) is 60.7 Å². The van der Waals surface area contributed by atoms with Gasteiger partial charge in [0.15, 0.2) is 4.80 Å². The molecule has 0 aliphatic carbocycles. The van der Waals surface area contributed by atoms with E-state index in [4.69, 9.17) is 4.74 Å². The summed E-state index contributed by atoms with van der Waals surface area (Å²) in [5, 5.41) is 0. The highest BCUT2D eigenvalue weighted by atomic mass is 79.9. The summed E-state index contributed by atoms with van der Waals surface area (Å²) in [7, 11) is 0. The monoisotopic (exact) mass is 432 g/mol. The maximum Gasteiger partial charge on any atom is 0.326 e. The third-order valence-corrected chi connectivity index (χ3v) is 5.46. The molecule has 7 heteroatoms. The molecular formula is C19H17BrN2O3S. The smallest absolute Gasteiger partial charge is 0.326 e. The zero-order valence-corrected chi connectivity index (χ0v) is 16.8. The predicted molar refractivity (Wildman–Crippen MR) is 105 cm³/mol. The van der Waals surface area contributed by atoms with Crippen LogP contribution in [-0.4, -0.2) is 23.1 Å². The second-order valence-corrected chi connectivity index (χ2v) is 7.51. The molecule has 26 heavy (non-hydrogen) atoms. The molecule has 1 amide bonds. The van der Waals surface area contributed by atoms with Gasteiger partial charge in [-0.2, -0.15) is 4.99 Å². The SMILES string of the molecule is CCOC(=O)Cn1c(=NC(=O)c2ccccc2Br)sc2cc(C)ccc21. The summed E-state index contributed by atoms with van der Waals surface area (Å²) in [4.78, 5) is 29.4. The van der Waals surface area contributed by atoms with Crippen molar-refractivity contribution >= 4 is 49.4 Å². The minimum absolute atomic E-state index is 0.0129. The van der Waals surface area contributed by atoms with Crippen molar-refractivity contribution in [2.75, 3.05) is 6.61 Å². The fourth-order valence-electron chi connectivity index (χ4n) is 2.54. The van der Waals surface area contributed by atoms with Crippen LogP contribution in [0.15, 0.2) is 51.9 Å². The van der Waals surface area contributed by atoms with Gasteiger partial charge >= 0.3 is 5.97 Å². The average molecular weight is 433 g/mol. The van der Waals surface area contributed by atoms with E-state index in [1.807, 2.05) is 31.2 Å². The zero-order chi connectivity index (χ0) is 18.7. The Morgan fingerprint density at radius 2 is 2.00 bits per heavy atom. The number of benzene rings is 2. The Balaban J connectivity index is 2.13. The molecular weight excluding hydrogens is 416 g/mol. The van der Waals surface area contributed by atoms with E-state index in [0.717, 1.165) is 15.8 Å². The van der Waals surface area contributed by atoms with E-state index >= 15 is 0 Å². The van der Waals surface area contributed by atoms with Crippen molar-refractivity contribution in [1.82, 2.24) is 4.57 Å². The number of hydrogen-bond donors (Lipinski definition) is 0. The minimum atomic E-state index is -0.363. The molecule has 134 valence electrons. The van der Waals surface area contributed by atoms with Gasteiger partial charge in [0.05, 0.1) is 22.4 Å². The number of hydrogen-bond acceptors (Lipinski definition) is 4. The van der Waals surface area contributed by atoms with Gasteiger partial charge in [-0.25, -0.2) is 0 Å². The second kappa shape index (κ2) is 7.97. The maximum atomic E-state index is 12.6. The van der Waals surface area contributed by atoms with E-state index in [0.29, 0.717) is 21.4 Å². The van der Waals surface area contributed by atoms with E-state index in [1.54, 1.807) is 29.7 Å². The lowest BCUT2D eigenvalue weighted by molar-refractivity contribution is -0.143. The standard InChI is InChI=1S/C19H17BrN2O3S/c1-3-25-17(23)11-22-15-9-8-12(2)10-16(15)26-19(22)21-18(24)13-6-4-5-7-14(13)20/h4-10H,3,11H2,1-2H3. The molecule has 3 rings (SSSR count). The number of carbonyl (C=O) groups excluding carboxylic acids is 2. The average Bonchev–Trinajstić information content (AvgIpc) is 2.91. The Morgan fingerprint density at radius 3 is 2.73 bits per heavy atom. The quantitative estimate of drug-likeness (QED) is 0.583. The molecule has 0 unspecified atom stereocenters. The molecule has 0 bridgehead atoms. The van der Waals surface area contributed by atoms with Crippen LogP contribution in [0.5, 0.6) is 0 Å². The number of rotatable bonds is 4. The van der Waals surface area contributed by atoms with Crippen LogP contribution in [0.3, 0.4) is 0 Å². The second-order valence-electron chi connectivity index (χ2n) is 5.64. The van der Waals surface area contributed by atoms with Crippen molar-refractivity contribution in [3.8, 4) is 0 Å². The van der Waals surface area contributed by atoms with Crippen LogP contribution in [0.1, 0.15) is 22.8 Å². The van der Waals surface area contributed by atoms with Crippen LogP contribution in [0.4, 0.5) is 0 Å². The molecule has 1 aromatic heterocycles. The molecule has 0 saturated heterocycles. The first-order chi connectivity index (χ1) is 12.5. The Labute approximate surface area is 163 Å². The molecule has 5 nitrogen and oxygen atoms in total. The van der Waals surface area contributed by atoms with Crippen molar-refractivity contribution < 1.29 is 14.3 Å². The van der Waals surface area contributed by atoms with Gasteiger partial charge in [0, 0.05) is 4.47 Å². The molecule has 0 N–H and O–H groups in total. The molecule has 0 saturated carbocycles. The first kappa shape index (κ1) is 18.5. The minimum Gasteiger partial charge on any atom is -0.465 e. The van der Waals surface area contributed by atoms with Gasteiger partial charge < -0.3 is 9.30 Å². The highest BCUT2D eigenvalue weighted by molar-refractivity contribution is 9.10. The lowest BCUT2D eigenvalue weighted by Crippen LogP contribution is -2.23. The fraction of sp³-hybridized carbons (Fsp3) is 0.211. The molecule has 0 spiro atoms. The van der Waals surface area contributed by atoms with Gasteiger partial charge in [-0.3, -0.25) is 9.59 Å². The third-order valence-electron chi connectivity index (χ3n) is 3.73. The molecule has 0 aliphatic heterocycles. The van der Waals surface area contributed by atoms with Crippen molar-refractivity contribution in [2.24, 2.45) is 4.99 Å². The van der Waals surface area contributed by atoms with Crippen molar-refractivity contribution in [2.45, 2.75) is 20.4 Å². The van der Waals surface area contributed by atoms with Crippen molar-refractivity contribution in [3.05, 3.63) is 62.9 Å². The number of nitrogens with zero attached hydrogens (tertiary/aromatic N) is 2. The number of ether oxygens (including phenoxy) is 1. The number of thiazole rings is 1. The van der Waals surface area contributed by atoms with Crippen LogP contribution in [0, 0.1) is 6.92 Å². The maximum absolute atomic E-state index is 12.6. The van der Waals surface area contributed by atoms with Gasteiger partial charge in [0.25, 0.3) is 5.91 Å². The number of halogens is 1. The first-order valence-corrected chi connectivity index (χ1v) is 9.69. The largest absolute Gasteiger partial charge is 0.465 e. The normalized spacial score (nSPS) is 11.7. The van der Waals surface area contributed by atoms with Crippen LogP contribution < -0.4 is 4.80 Å². The van der Waals surface area contributed by atoms with Gasteiger partial charge in [-0.05, 0) is 59.6 Å². The predicted octanol–water partition coefficient (Wildman–Crippen LogP) is 4.08. The van der Waals surface area contributed by atoms with Gasteiger partial charge in [-0.1, -0.05) is 29.5 Å². The number of fused-ring (bicyclic) bond motifs is 1. The summed E-state index contributed by atoms with van der Waals surface area (Å²) >= 11 is 4.75. The first-order valence-electron chi connectivity index (χ1n) is 8.08. The highest BCUT2D eigenvalue weighted by Gasteiger charge is 2.14. The van der Waals surface area contributed by atoms with Crippen LogP contribution in [0.2, 0.25) is 0 Å². The van der Waals surface area contributed by atoms with Gasteiger partial charge in [0.1, 0.15) is 6.54 Å². The lowest BCUT2D eigenvalue weighted by Gasteiger charge is -2.05. The Hall–Kier alpha value is -2.25. The molecule has 1 heterocycles. The molecule has 3 aromatic rings. The van der Waals surface area contributed by atoms with Crippen molar-refractivity contribution in [3.63, 3.8) is 0 Å². The Bertz CT molecular complexity index is 1050. The van der Waals surface area contributed by atoms with Crippen molar-refractivity contribution in [1.29, 1.82) is 0 Å². The summed E-state index contributed by atoms with van der Waals surface area (Å²) in [5.41, 5.74) is 2.43. The van der Waals surface area contributed by atoms with Gasteiger partial charge in [-0.15, -0.1) is 0 Å². The number of carbonyl (C=O) groups is 2. The van der Waals surface area contributed by atoms with Crippen LogP contribution in [0.25, 0.3) is 10.2 Å². The molecule has 2 aromatic carbocycles. The molecule has 0 radical (unpaired) electrons. The molecule has 0 fully saturated rings. The number of esters is 1. The third kappa shape index (κ3) is 3.94. The van der Waals surface area contributed by atoms with Gasteiger partial charge in [0.2, 0.25) is 0 Å². The zero-order valence-electron chi connectivity index (χ0n) is 14.4. The molecule has 0 aliphatic rings. The van der Waals surface area contributed by atoms with Crippen LogP contribution >= 0.6 is 27.3 Å². The highest BCUT2D eigenvalue weighted by Crippen LogP contribution is 2.20. The van der Waals surface area contributed by atoms with E-state index in [9.17, 15) is 9.59 Å². The molecule has 0 atom stereocenters. The van der Waals surface area contributed by atoms with E-state index in [-0.39, 0.29) is 18.4 Å². The van der Waals surface area contributed by atoms with Crippen LogP contribution in [-0.2, 0) is 16.1 Å². The number of amides is 1. The summed E-state index contributed by atoms with van der Waals surface area (Å²) in [6.45, 7) is 4.08. The lowest BCUT2D eigenvalue weighted by atomic mass is 10.2. The summed E-state index contributed by atoms with van der Waals surface area (Å²) in [6.07, 6.45) is 0. The number of aryl methyl sites for hydroxylation is 1. The van der Waals surface area contributed by atoms with E-state index in [2.05, 4.69) is 20.9 Å².